The molecule has 2 aromatic carbocycles. The predicted molar refractivity (Wildman–Crippen MR) is 85.0 cm³/mol. The maximum atomic E-state index is 5.75. The topological polar surface area (TPSA) is 29.3 Å². The van der Waals surface area contributed by atoms with Crippen LogP contribution in [-0.4, -0.2) is 18.5 Å². The van der Waals surface area contributed by atoms with Crippen molar-refractivity contribution in [2.24, 2.45) is 0 Å². The van der Waals surface area contributed by atoms with Crippen molar-refractivity contribution in [2.45, 2.75) is 13.0 Å². The van der Waals surface area contributed by atoms with E-state index < -0.39 is 0 Å². The van der Waals surface area contributed by atoms with E-state index >= 15 is 0 Å². The number of anilines is 1. The first kappa shape index (κ1) is 14.1. The van der Waals surface area contributed by atoms with Gasteiger partial charge in [0.2, 0.25) is 0 Å². The lowest BCUT2D eigenvalue weighted by atomic mass is 10.1. The van der Waals surface area contributed by atoms with E-state index in [1.807, 2.05) is 12.1 Å². The van der Waals surface area contributed by atoms with E-state index in [1.165, 1.54) is 11.1 Å². The number of hydrogen-bond donors (Lipinski definition) is 1. The van der Waals surface area contributed by atoms with Gasteiger partial charge < -0.3 is 10.6 Å². The molecule has 0 saturated carbocycles. The van der Waals surface area contributed by atoms with E-state index in [9.17, 15) is 0 Å². The monoisotopic (exact) mass is 318 g/mol. The maximum Gasteiger partial charge on any atom is 0.0325 e. The van der Waals surface area contributed by atoms with Crippen molar-refractivity contribution < 1.29 is 0 Å². The summed E-state index contributed by atoms with van der Waals surface area (Å²) in [5.74, 6) is 0. The van der Waals surface area contributed by atoms with E-state index in [2.05, 4.69) is 64.3 Å². The van der Waals surface area contributed by atoms with Gasteiger partial charge in [0, 0.05) is 23.2 Å². The van der Waals surface area contributed by atoms with Crippen LogP contribution in [0.4, 0.5) is 5.69 Å². The lowest BCUT2D eigenvalue weighted by molar-refractivity contribution is 0.330. The van der Waals surface area contributed by atoms with Gasteiger partial charge in [-0.3, -0.25) is 0 Å². The zero-order valence-corrected chi connectivity index (χ0v) is 12.7. The van der Waals surface area contributed by atoms with E-state index in [0.717, 1.165) is 29.7 Å². The highest BCUT2D eigenvalue weighted by Gasteiger charge is 2.05. The van der Waals surface area contributed by atoms with E-state index in [0.29, 0.717) is 0 Å². The Morgan fingerprint density at radius 1 is 1.11 bits per heavy atom. The molecule has 2 rings (SSSR count). The molecule has 2 nitrogen and oxygen atoms in total. The van der Waals surface area contributed by atoms with Crippen LogP contribution < -0.4 is 5.73 Å². The minimum atomic E-state index is 0.794. The van der Waals surface area contributed by atoms with Crippen molar-refractivity contribution in [1.82, 2.24) is 4.90 Å². The van der Waals surface area contributed by atoms with Crippen molar-refractivity contribution in [2.75, 3.05) is 19.3 Å². The van der Waals surface area contributed by atoms with Crippen molar-refractivity contribution in [3.63, 3.8) is 0 Å². The van der Waals surface area contributed by atoms with Gasteiger partial charge in [0.05, 0.1) is 0 Å². The summed E-state index contributed by atoms with van der Waals surface area (Å²) < 4.78 is 1.08. The van der Waals surface area contributed by atoms with Crippen LogP contribution in [0.3, 0.4) is 0 Å². The molecule has 0 aliphatic heterocycles. The molecule has 2 aromatic rings. The predicted octanol–water partition coefficient (Wildman–Crippen LogP) is 3.71. The molecule has 2 N–H and O–H groups in total. The zero-order valence-electron chi connectivity index (χ0n) is 11.1. The van der Waals surface area contributed by atoms with Crippen molar-refractivity contribution in [1.29, 1.82) is 0 Å². The molecule has 0 saturated heterocycles. The first-order valence-electron chi connectivity index (χ1n) is 6.41. The van der Waals surface area contributed by atoms with Crippen LogP contribution in [0.25, 0.3) is 0 Å². The summed E-state index contributed by atoms with van der Waals surface area (Å²) in [4.78, 5) is 2.32. The summed E-state index contributed by atoms with van der Waals surface area (Å²) in [5, 5.41) is 0. The van der Waals surface area contributed by atoms with E-state index in [-0.39, 0.29) is 0 Å². The molecule has 0 amide bonds. The highest BCUT2D eigenvalue weighted by atomic mass is 79.9. The molecular formula is C16H19BrN2. The molecule has 0 radical (unpaired) electrons. The van der Waals surface area contributed by atoms with Crippen LogP contribution in [0.1, 0.15) is 11.1 Å². The second-order valence-electron chi connectivity index (χ2n) is 4.82. The largest absolute Gasteiger partial charge is 0.399 e. The Morgan fingerprint density at radius 3 is 2.53 bits per heavy atom. The smallest absolute Gasteiger partial charge is 0.0325 e. The fourth-order valence-corrected chi connectivity index (χ4v) is 2.55. The maximum absolute atomic E-state index is 5.75. The van der Waals surface area contributed by atoms with Crippen LogP contribution in [0, 0.1) is 0 Å². The molecule has 0 heterocycles. The Morgan fingerprint density at radius 2 is 1.84 bits per heavy atom. The van der Waals surface area contributed by atoms with Crippen molar-refractivity contribution >= 4 is 21.6 Å². The Balaban J connectivity index is 1.89. The molecule has 0 fully saturated rings. The van der Waals surface area contributed by atoms with Gasteiger partial charge in [0.1, 0.15) is 0 Å². The summed E-state index contributed by atoms with van der Waals surface area (Å²) in [6.45, 7) is 1.97. The first-order valence-corrected chi connectivity index (χ1v) is 7.21. The quantitative estimate of drug-likeness (QED) is 0.852. The Bertz CT molecular complexity index is 526. The van der Waals surface area contributed by atoms with Gasteiger partial charge in [-0.1, -0.05) is 52.3 Å². The van der Waals surface area contributed by atoms with Crippen molar-refractivity contribution in [3.8, 4) is 0 Å². The number of benzene rings is 2. The van der Waals surface area contributed by atoms with Crippen molar-refractivity contribution in [3.05, 3.63) is 64.1 Å². The Hall–Kier alpha value is -1.32. The summed E-state index contributed by atoms with van der Waals surface area (Å²) in [5.41, 5.74) is 9.19. The number of likely N-dealkylation sites (N-methyl/N-ethyl adjacent to an activating group) is 1. The lowest BCUT2D eigenvalue weighted by Crippen LogP contribution is -2.21. The molecule has 100 valence electrons. The summed E-state index contributed by atoms with van der Waals surface area (Å²) in [6, 6.07) is 16.6. The zero-order chi connectivity index (χ0) is 13.7. The molecule has 0 atom stereocenters. The number of nitrogens with two attached hydrogens (primary N) is 1. The molecule has 0 aliphatic rings. The fraction of sp³-hybridized carbons (Fsp3) is 0.250. The summed E-state index contributed by atoms with van der Waals surface area (Å²) >= 11 is 3.56. The van der Waals surface area contributed by atoms with Gasteiger partial charge in [0.15, 0.2) is 0 Å². The van der Waals surface area contributed by atoms with Gasteiger partial charge >= 0.3 is 0 Å². The molecule has 0 unspecified atom stereocenters. The lowest BCUT2D eigenvalue weighted by Gasteiger charge is -2.17. The van der Waals surface area contributed by atoms with E-state index in [4.69, 9.17) is 5.73 Å². The van der Waals surface area contributed by atoms with Crippen LogP contribution in [0.15, 0.2) is 53.0 Å². The van der Waals surface area contributed by atoms with Gasteiger partial charge in [0.25, 0.3) is 0 Å². The highest BCUT2D eigenvalue weighted by molar-refractivity contribution is 9.10. The molecule has 19 heavy (non-hydrogen) atoms. The normalized spacial score (nSPS) is 10.9. The minimum Gasteiger partial charge on any atom is -0.399 e. The number of nitrogens with zero attached hydrogens (tertiary/aromatic N) is 1. The van der Waals surface area contributed by atoms with Crippen LogP contribution in [-0.2, 0) is 13.0 Å². The number of nitrogen functional groups attached to an aromatic ring is 1. The molecule has 0 bridgehead atoms. The van der Waals surface area contributed by atoms with Gasteiger partial charge in [-0.15, -0.1) is 0 Å². The average molecular weight is 319 g/mol. The summed E-state index contributed by atoms with van der Waals surface area (Å²) in [6.07, 6.45) is 1.07. The number of hydrogen-bond acceptors (Lipinski definition) is 2. The number of rotatable bonds is 5. The van der Waals surface area contributed by atoms with Crippen LogP contribution in [0.5, 0.6) is 0 Å². The molecule has 3 heteroatoms. The van der Waals surface area contributed by atoms with Gasteiger partial charge in [-0.25, -0.2) is 0 Å². The number of halogens is 1. The summed E-state index contributed by atoms with van der Waals surface area (Å²) in [7, 11) is 2.14. The van der Waals surface area contributed by atoms with E-state index in [1.54, 1.807) is 0 Å². The SMILES string of the molecule is CN(CCc1ccccc1)Cc1ccc(N)cc1Br. The second-order valence-corrected chi connectivity index (χ2v) is 5.68. The third kappa shape index (κ3) is 4.37. The van der Waals surface area contributed by atoms with Gasteiger partial charge in [-0.05, 0) is 36.7 Å². The standard InChI is InChI=1S/C16H19BrN2/c1-19(10-9-13-5-3-2-4-6-13)12-14-7-8-15(18)11-16(14)17/h2-8,11H,9-10,12,18H2,1H3. The average Bonchev–Trinajstić information content (AvgIpc) is 2.41. The van der Waals surface area contributed by atoms with Gasteiger partial charge in [-0.2, -0.15) is 0 Å². The molecular weight excluding hydrogens is 300 g/mol. The highest BCUT2D eigenvalue weighted by Crippen LogP contribution is 2.21. The Kier molecular flexibility index (Phi) is 5.00. The second kappa shape index (κ2) is 6.73. The molecule has 0 spiro atoms. The molecule has 0 aliphatic carbocycles. The van der Waals surface area contributed by atoms with Crippen LogP contribution >= 0.6 is 15.9 Å². The van der Waals surface area contributed by atoms with Crippen LogP contribution in [0.2, 0.25) is 0 Å². The first-order chi connectivity index (χ1) is 9.15. The fourth-order valence-electron chi connectivity index (χ4n) is 2.03. The minimum absolute atomic E-state index is 0.794. The Labute approximate surface area is 123 Å². The third-order valence-corrected chi connectivity index (χ3v) is 3.88. The molecule has 0 aromatic heterocycles. The third-order valence-electron chi connectivity index (χ3n) is 3.14.